The van der Waals surface area contributed by atoms with Gasteiger partial charge in [-0.1, -0.05) is 60.2 Å². The summed E-state index contributed by atoms with van der Waals surface area (Å²) in [5.41, 5.74) is 3.14. The maximum absolute atomic E-state index is 12.1. The normalized spacial score (nSPS) is 10.3. The number of rotatable bonds is 4. The lowest BCUT2D eigenvalue weighted by Gasteiger charge is -2.01. The Morgan fingerprint density at radius 2 is 1.70 bits per heavy atom. The minimum Gasteiger partial charge on any atom is -0.295 e. The van der Waals surface area contributed by atoms with E-state index < -0.39 is 11.7 Å². The second-order valence-electron chi connectivity index (χ2n) is 5.05. The van der Waals surface area contributed by atoms with Crippen molar-refractivity contribution in [3.05, 3.63) is 71.1 Å². The number of carbonyl (C=O) groups is 2. The van der Waals surface area contributed by atoms with Crippen LogP contribution in [0.15, 0.2) is 60.0 Å². The maximum atomic E-state index is 12.1. The van der Waals surface area contributed by atoms with Gasteiger partial charge in [-0.2, -0.15) is 0 Å². The lowest BCUT2D eigenvalue weighted by Crippen LogP contribution is -2.22. The molecule has 0 bridgehead atoms. The molecule has 5 heteroatoms. The van der Waals surface area contributed by atoms with E-state index in [1.165, 1.54) is 11.3 Å². The van der Waals surface area contributed by atoms with Gasteiger partial charge in [0.25, 0.3) is 11.7 Å². The molecule has 0 aliphatic rings. The first kappa shape index (κ1) is 15.1. The number of nitrogens with zero attached hydrogens (tertiary/aromatic N) is 1. The number of ketones is 1. The van der Waals surface area contributed by atoms with E-state index in [0.29, 0.717) is 10.7 Å². The number of hydrogen-bond donors (Lipinski definition) is 1. The van der Waals surface area contributed by atoms with Gasteiger partial charge in [0.15, 0.2) is 5.13 Å². The van der Waals surface area contributed by atoms with Crippen molar-refractivity contribution in [2.45, 2.75) is 6.92 Å². The van der Waals surface area contributed by atoms with Gasteiger partial charge in [-0.15, -0.1) is 11.3 Å². The summed E-state index contributed by atoms with van der Waals surface area (Å²) < 4.78 is 0. The number of aromatic nitrogens is 1. The van der Waals surface area contributed by atoms with Crippen LogP contribution in [0, 0.1) is 6.92 Å². The molecule has 1 N–H and O–H groups in total. The van der Waals surface area contributed by atoms with E-state index in [2.05, 4.69) is 10.3 Å². The van der Waals surface area contributed by atoms with Crippen LogP contribution in [0.2, 0.25) is 0 Å². The fraction of sp³-hybridized carbons (Fsp3) is 0.0556. The number of thiazole rings is 1. The summed E-state index contributed by atoms with van der Waals surface area (Å²) in [6.45, 7) is 1.93. The number of Topliss-reactive ketones (excluding diaryl/α,β-unsaturated/α-hetero) is 1. The number of nitrogens with one attached hydrogen (secondary N) is 1. The first-order valence-corrected chi connectivity index (χ1v) is 7.95. The minimum absolute atomic E-state index is 0.368. The molecule has 4 nitrogen and oxygen atoms in total. The number of amides is 1. The molecule has 1 aromatic heterocycles. The van der Waals surface area contributed by atoms with Crippen molar-refractivity contribution in [1.82, 2.24) is 4.98 Å². The summed E-state index contributed by atoms with van der Waals surface area (Å²) in [6, 6.07) is 16.6. The Hall–Kier alpha value is -2.79. The van der Waals surface area contributed by atoms with Gasteiger partial charge in [0.2, 0.25) is 0 Å². The van der Waals surface area contributed by atoms with Crippen LogP contribution in [0.5, 0.6) is 0 Å². The van der Waals surface area contributed by atoms with E-state index in [1.54, 1.807) is 24.3 Å². The third kappa shape index (κ3) is 3.52. The molecule has 0 unspecified atom stereocenters. The van der Waals surface area contributed by atoms with Crippen LogP contribution in [0.25, 0.3) is 11.3 Å². The van der Waals surface area contributed by atoms with Gasteiger partial charge in [-0.05, 0) is 6.92 Å². The van der Waals surface area contributed by atoms with Crippen molar-refractivity contribution >= 4 is 28.2 Å². The van der Waals surface area contributed by atoms with Crippen LogP contribution < -0.4 is 5.32 Å². The van der Waals surface area contributed by atoms with Crippen molar-refractivity contribution in [2.75, 3.05) is 5.32 Å². The summed E-state index contributed by atoms with van der Waals surface area (Å²) in [6.07, 6.45) is 0. The molecule has 0 saturated carbocycles. The molecule has 0 saturated heterocycles. The highest BCUT2D eigenvalue weighted by Crippen LogP contribution is 2.24. The number of benzene rings is 2. The average Bonchev–Trinajstić information content (AvgIpc) is 3.04. The van der Waals surface area contributed by atoms with E-state index in [4.69, 9.17) is 0 Å². The molecular weight excluding hydrogens is 308 g/mol. The Kier molecular flexibility index (Phi) is 4.30. The summed E-state index contributed by atoms with van der Waals surface area (Å²) in [5.74, 6) is -1.25. The van der Waals surface area contributed by atoms with Crippen molar-refractivity contribution in [2.24, 2.45) is 0 Å². The highest BCUT2D eigenvalue weighted by atomic mass is 32.1. The fourth-order valence-electron chi connectivity index (χ4n) is 2.06. The van der Waals surface area contributed by atoms with Gasteiger partial charge in [-0.25, -0.2) is 4.98 Å². The first-order valence-electron chi connectivity index (χ1n) is 7.07. The lowest BCUT2D eigenvalue weighted by atomic mass is 10.1. The second kappa shape index (κ2) is 6.54. The highest BCUT2D eigenvalue weighted by Gasteiger charge is 2.17. The third-order valence-electron chi connectivity index (χ3n) is 3.31. The number of hydrogen-bond acceptors (Lipinski definition) is 4. The third-order valence-corrected chi connectivity index (χ3v) is 4.07. The van der Waals surface area contributed by atoms with Crippen molar-refractivity contribution in [1.29, 1.82) is 0 Å². The predicted octanol–water partition coefficient (Wildman–Crippen LogP) is 3.94. The van der Waals surface area contributed by atoms with Crippen LogP contribution in [0.1, 0.15) is 15.9 Å². The van der Waals surface area contributed by atoms with Gasteiger partial charge in [0, 0.05) is 16.5 Å². The van der Waals surface area contributed by atoms with Crippen LogP contribution >= 0.6 is 11.3 Å². The zero-order chi connectivity index (χ0) is 16.2. The molecule has 2 aromatic carbocycles. The van der Waals surface area contributed by atoms with Gasteiger partial charge in [0.05, 0.1) is 5.69 Å². The lowest BCUT2D eigenvalue weighted by molar-refractivity contribution is -0.112. The summed E-state index contributed by atoms with van der Waals surface area (Å²) >= 11 is 1.29. The van der Waals surface area contributed by atoms with E-state index in [0.717, 1.165) is 16.8 Å². The van der Waals surface area contributed by atoms with Gasteiger partial charge in [0.1, 0.15) is 0 Å². The predicted molar refractivity (Wildman–Crippen MR) is 91.7 cm³/mol. The SMILES string of the molecule is Cc1ccc(C(=O)C(=O)Nc2nc(-c3ccccc3)cs2)cc1. The Morgan fingerprint density at radius 3 is 2.39 bits per heavy atom. The molecule has 23 heavy (non-hydrogen) atoms. The molecule has 0 aliphatic carbocycles. The molecular formula is C18H14N2O2S. The van der Waals surface area contributed by atoms with Crippen LogP contribution in [-0.2, 0) is 4.79 Å². The fourth-order valence-corrected chi connectivity index (χ4v) is 2.78. The quantitative estimate of drug-likeness (QED) is 0.584. The second-order valence-corrected chi connectivity index (χ2v) is 5.91. The number of carbonyl (C=O) groups excluding carboxylic acids is 2. The molecule has 0 fully saturated rings. The number of aryl methyl sites for hydroxylation is 1. The minimum atomic E-state index is -0.678. The van der Waals surface area contributed by atoms with Crippen molar-refractivity contribution < 1.29 is 9.59 Å². The van der Waals surface area contributed by atoms with E-state index in [9.17, 15) is 9.59 Å². The molecule has 1 amide bonds. The first-order chi connectivity index (χ1) is 11.1. The highest BCUT2D eigenvalue weighted by molar-refractivity contribution is 7.14. The van der Waals surface area contributed by atoms with E-state index in [1.807, 2.05) is 42.6 Å². The zero-order valence-corrected chi connectivity index (χ0v) is 13.3. The zero-order valence-electron chi connectivity index (χ0n) is 12.4. The molecule has 1 heterocycles. The summed E-state index contributed by atoms with van der Waals surface area (Å²) in [7, 11) is 0. The summed E-state index contributed by atoms with van der Waals surface area (Å²) in [4.78, 5) is 28.5. The topological polar surface area (TPSA) is 59.1 Å². The van der Waals surface area contributed by atoms with E-state index in [-0.39, 0.29) is 0 Å². The molecule has 0 spiro atoms. The Bertz CT molecular complexity index is 839. The smallest absolute Gasteiger partial charge is 0.295 e. The summed E-state index contributed by atoms with van der Waals surface area (Å²) in [5, 5.41) is 4.82. The van der Waals surface area contributed by atoms with E-state index >= 15 is 0 Å². The van der Waals surface area contributed by atoms with Crippen LogP contribution in [-0.4, -0.2) is 16.7 Å². The average molecular weight is 322 g/mol. The van der Waals surface area contributed by atoms with Crippen LogP contribution in [0.4, 0.5) is 5.13 Å². The Morgan fingerprint density at radius 1 is 1.00 bits per heavy atom. The van der Waals surface area contributed by atoms with Gasteiger partial charge >= 0.3 is 0 Å². The standard InChI is InChI=1S/C18H14N2O2S/c1-12-7-9-14(10-8-12)16(21)17(22)20-18-19-15(11-23-18)13-5-3-2-4-6-13/h2-11H,1H3,(H,19,20,22). The van der Waals surface area contributed by atoms with Gasteiger partial charge in [-0.3, -0.25) is 14.9 Å². The molecule has 3 aromatic rings. The molecule has 0 aliphatic heterocycles. The van der Waals surface area contributed by atoms with Gasteiger partial charge < -0.3 is 0 Å². The largest absolute Gasteiger partial charge is 0.298 e. The Labute approximate surface area is 137 Å². The van der Waals surface area contributed by atoms with Crippen LogP contribution in [0.3, 0.4) is 0 Å². The number of anilines is 1. The maximum Gasteiger partial charge on any atom is 0.298 e. The molecule has 3 rings (SSSR count). The molecule has 0 radical (unpaired) electrons. The Balaban J connectivity index is 1.72. The van der Waals surface area contributed by atoms with Crippen molar-refractivity contribution in [3.8, 4) is 11.3 Å². The van der Waals surface area contributed by atoms with Crippen molar-refractivity contribution in [3.63, 3.8) is 0 Å². The molecule has 0 atom stereocenters. The molecule has 114 valence electrons. The monoisotopic (exact) mass is 322 g/mol.